The zero-order valence-corrected chi connectivity index (χ0v) is 9.97. The molecule has 6 nitrogen and oxygen atoms in total. The van der Waals surface area contributed by atoms with E-state index in [1.165, 1.54) is 0 Å². The van der Waals surface area contributed by atoms with Gasteiger partial charge in [-0.1, -0.05) is 5.10 Å². The number of nitrogen functional groups attached to an aromatic ring is 1. The van der Waals surface area contributed by atoms with Crippen LogP contribution in [0.1, 0.15) is 0 Å². The SMILES string of the molecule is COc1ccc(-c2nnc(N(C)C)o2)cc1N. The van der Waals surface area contributed by atoms with Gasteiger partial charge in [0.1, 0.15) is 5.75 Å². The van der Waals surface area contributed by atoms with Crippen LogP contribution in [0.5, 0.6) is 5.75 Å². The number of nitrogens with zero attached hydrogens (tertiary/aromatic N) is 3. The number of nitrogens with two attached hydrogens (primary N) is 1. The van der Waals surface area contributed by atoms with Crippen molar-refractivity contribution in [2.24, 2.45) is 0 Å². The van der Waals surface area contributed by atoms with Crippen LogP contribution in [0.2, 0.25) is 0 Å². The number of aromatic nitrogens is 2. The predicted molar refractivity (Wildman–Crippen MR) is 65.0 cm³/mol. The molecule has 0 bridgehead atoms. The van der Waals surface area contributed by atoms with E-state index in [0.717, 1.165) is 5.56 Å². The molecule has 0 saturated heterocycles. The van der Waals surface area contributed by atoms with E-state index in [1.54, 1.807) is 24.1 Å². The van der Waals surface area contributed by atoms with E-state index in [2.05, 4.69) is 10.2 Å². The summed E-state index contributed by atoms with van der Waals surface area (Å²) in [5, 5.41) is 7.85. The highest BCUT2D eigenvalue weighted by Crippen LogP contribution is 2.28. The normalized spacial score (nSPS) is 10.3. The summed E-state index contributed by atoms with van der Waals surface area (Å²) in [6.45, 7) is 0. The smallest absolute Gasteiger partial charge is 0.317 e. The van der Waals surface area contributed by atoms with Gasteiger partial charge in [0.25, 0.3) is 0 Å². The molecule has 0 aliphatic carbocycles. The Kier molecular flexibility index (Phi) is 2.86. The fourth-order valence-corrected chi connectivity index (χ4v) is 1.38. The zero-order chi connectivity index (χ0) is 12.4. The van der Waals surface area contributed by atoms with E-state index < -0.39 is 0 Å². The van der Waals surface area contributed by atoms with Crippen molar-refractivity contribution in [3.63, 3.8) is 0 Å². The number of benzene rings is 1. The van der Waals surface area contributed by atoms with Crippen molar-refractivity contribution in [2.45, 2.75) is 0 Å². The third-order valence-electron chi connectivity index (χ3n) is 2.27. The van der Waals surface area contributed by atoms with Crippen LogP contribution in [-0.4, -0.2) is 31.4 Å². The van der Waals surface area contributed by atoms with Crippen LogP contribution in [0.25, 0.3) is 11.5 Å². The Morgan fingerprint density at radius 3 is 2.59 bits per heavy atom. The molecule has 0 atom stereocenters. The maximum absolute atomic E-state index is 5.81. The van der Waals surface area contributed by atoms with Crippen LogP contribution in [0.15, 0.2) is 22.6 Å². The minimum Gasteiger partial charge on any atom is -0.495 e. The predicted octanol–water partition coefficient (Wildman–Crippen LogP) is 1.39. The molecule has 2 rings (SSSR count). The first-order chi connectivity index (χ1) is 8.11. The van der Waals surface area contributed by atoms with Gasteiger partial charge in [-0.25, -0.2) is 0 Å². The standard InChI is InChI=1S/C11H14N4O2/c1-15(2)11-14-13-10(17-11)7-4-5-9(16-3)8(12)6-7/h4-6H,12H2,1-3H3. The van der Waals surface area contributed by atoms with Gasteiger partial charge in [0.05, 0.1) is 12.8 Å². The Balaban J connectivity index is 2.36. The van der Waals surface area contributed by atoms with E-state index in [-0.39, 0.29) is 0 Å². The topological polar surface area (TPSA) is 77.4 Å². The lowest BCUT2D eigenvalue weighted by atomic mass is 10.2. The van der Waals surface area contributed by atoms with E-state index in [1.807, 2.05) is 20.2 Å². The Morgan fingerprint density at radius 1 is 1.29 bits per heavy atom. The molecule has 0 saturated carbocycles. The average molecular weight is 234 g/mol. The summed E-state index contributed by atoms with van der Waals surface area (Å²) in [4.78, 5) is 1.74. The second-order valence-electron chi connectivity index (χ2n) is 3.74. The van der Waals surface area contributed by atoms with Gasteiger partial charge < -0.3 is 19.8 Å². The first-order valence-corrected chi connectivity index (χ1v) is 5.06. The summed E-state index contributed by atoms with van der Waals surface area (Å²) >= 11 is 0. The molecule has 0 radical (unpaired) electrons. The number of hydrogen-bond acceptors (Lipinski definition) is 6. The minimum atomic E-state index is 0.433. The minimum absolute atomic E-state index is 0.433. The molecular formula is C11H14N4O2. The zero-order valence-electron chi connectivity index (χ0n) is 9.97. The molecule has 0 amide bonds. The quantitative estimate of drug-likeness (QED) is 0.809. The Bertz CT molecular complexity index is 522. The molecule has 1 aromatic heterocycles. The summed E-state index contributed by atoms with van der Waals surface area (Å²) < 4.78 is 10.5. The number of ether oxygens (including phenoxy) is 1. The van der Waals surface area contributed by atoms with Gasteiger partial charge in [0.2, 0.25) is 5.89 Å². The molecule has 0 fully saturated rings. The molecule has 1 heterocycles. The lowest BCUT2D eigenvalue weighted by molar-refractivity contribution is 0.417. The second-order valence-corrected chi connectivity index (χ2v) is 3.74. The van der Waals surface area contributed by atoms with Crippen molar-refractivity contribution >= 4 is 11.7 Å². The molecule has 6 heteroatoms. The largest absolute Gasteiger partial charge is 0.495 e. The summed E-state index contributed by atoms with van der Waals surface area (Å²) in [5.74, 6) is 1.06. The van der Waals surface area contributed by atoms with Gasteiger partial charge >= 0.3 is 6.01 Å². The van der Waals surface area contributed by atoms with E-state index in [4.69, 9.17) is 14.9 Å². The molecule has 90 valence electrons. The highest BCUT2D eigenvalue weighted by atomic mass is 16.5. The van der Waals surface area contributed by atoms with Crippen molar-refractivity contribution in [1.82, 2.24) is 10.2 Å². The third kappa shape index (κ3) is 2.15. The van der Waals surface area contributed by atoms with Crippen molar-refractivity contribution in [3.8, 4) is 17.2 Å². The second kappa shape index (κ2) is 4.32. The molecule has 0 spiro atoms. The van der Waals surface area contributed by atoms with Crippen LogP contribution in [0.3, 0.4) is 0 Å². The number of rotatable bonds is 3. The lowest BCUT2D eigenvalue weighted by Gasteiger charge is -2.05. The molecule has 0 unspecified atom stereocenters. The van der Waals surface area contributed by atoms with Crippen LogP contribution in [0.4, 0.5) is 11.7 Å². The van der Waals surface area contributed by atoms with Gasteiger partial charge in [-0.3, -0.25) is 0 Å². The van der Waals surface area contributed by atoms with E-state index in [9.17, 15) is 0 Å². The van der Waals surface area contributed by atoms with Gasteiger partial charge in [0, 0.05) is 19.7 Å². The van der Waals surface area contributed by atoms with Crippen LogP contribution < -0.4 is 15.4 Å². The molecule has 2 N–H and O–H groups in total. The fourth-order valence-electron chi connectivity index (χ4n) is 1.38. The maximum atomic E-state index is 5.81. The number of anilines is 2. The fraction of sp³-hybridized carbons (Fsp3) is 0.273. The lowest BCUT2D eigenvalue weighted by Crippen LogP contribution is -2.08. The Morgan fingerprint density at radius 2 is 2.06 bits per heavy atom. The molecule has 0 aliphatic heterocycles. The summed E-state index contributed by atoms with van der Waals surface area (Å²) in [6, 6.07) is 5.78. The molecule has 2 aromatic rings. The molecular weight excluding hydrogens is 220 g/mol. The van der Waals surface area contributed by atoms with Crippen molar-refractivity contribution in [3.05, 3.63) is 18.2 Å². The van der Waals surface area contributed by atoms with Gasteiger partial charge in [0.15, 0.2) is 0 Å². The Labute approximate surface area is 99.0 Å². The van der Waals surface area contributed by atoms with Crippen molar-refractivity contribution < 1.29 is 9.15 Å². The first kappa shape index (κ1) is 11.3. The van der Waals surface area contributed by atoms with E-state index >= 15 is 0 Å². The average Bonchev–Trinajstić information content (AvgIpc) is 2.78. The van der Waals surface area contributed by atoms with Crippen LogP contribution in [-0.2, 0) is 0 Å². The summed E-state index contributed by atoms with van der Waals surface area (Å²) in [6.07, 6.45) is 0. The van der Waals surface area contributed by atoms with Gasteiger partial charge in [-0.05, 0) is 18.2 Å². The van der Waals surface area contributed by atoms with Gasteiger partial charge in [-0.2, -0.15) is 0 Å². The first-order valence-electron chi connectivity index (χ1n) is 5.06. The van der Waals surface area contributed by atoms with Gasteiger partial charge in [-0.15, -0.1) is 5.10 Å². The highest BCUT2D eigenvalue weighted by Gasteiger charge is 2.11. The van der Waals surface area contributed by atoms with Crippen LogP contribution in [0, 0.1) is 0 Å². The van der Waals surface area contributed by atoms with Crippen molar-refractivity contribution in [2.75, 3.05) is 31.8 Å². The Hall–Kier alpha value is -2.24. The monoisotopic (exact) mass is 234 g/mol. The maximum Gasteiger partial charge on any atom is 0.317 e. The third-order valence-corrected chi connectivity index (χ3v) is 2.27. The summed E-state index contributed by atoms with van der Waals surface area (Å²) in [7, 11) is 5.24. The van der Waals surface area contributed by atoms with Crippen LogP contribution >= 0.6 is 0 Å². The molecule has 1 aromatic carbocycles. The van der Waals surface area contributed by atoms with E-state index in [0.29, 0.717) is 23.3 Å². The number of methoxy groups -OCH3 is 1. The molecule has 0 aliphatic rings. The highest BCUT2D eigenvalue weighted by molar-refractivity contribution is 5.65. The molecule has 17 heavy (non-hydrogen) atoms. The number of hydrogen-bond donors (Lipinski definition) is 1. The summed E-state index contributed by atoms with van der Waals surface area (Å²) in [5.41, 5.74) is 7.11. The van der Waals surface area contributed by atoms with Crippen molar-refractivity contribution in [1.29, 1.82) is 0 Å².